The van der Waals surface area contributed by atoms with E-state index >= 15 is 0 Å². The molecule has 25 heavy (non-hydrogen) atoms. The first-order chi connectivity index (χ1) is 11.4. The molecule has 1 heterocycles. The molecule has 0 spiro atoms. The normalized spacial score (nSPS) is 12.2. The molecule has 1 aromatic heterocycles. The van der Waals surface area contributed by atoms with E-state index in [0.29, 0.717) is 6.07 Å². The van der Waals surface area contributed by atoms with Crippen LogP contribution in [0.5, 0.6) is 0 Å². The zero-order valence-electron chi connectivity index (χ0n) is 12.8. The number of rotatable bonds is 4. The Kier molecular flexibility index (Phi) is 5.18. The van der Waals surface area contributed by atoms with Crippen LogP contribution in [0.4, 0.5) is 19.1 Å². The molecule has 2 rings (SSSR count). The van der Waals surface area contributed by atoms with Crippen molar-refractivity contribution in [1.29, 1.82) is 0 Å². The van der Waals surface area contributed by atoms with Gasteiger partial charge >= 0.3 is 6.18 Å². The largest absolute Gasteiger partial charge is 0.416 e. The maximum absolute atomic E-state index is 13.1. The number of amides is 1. The predicted molar refractivity (Wildman–Crippen MR) is 84.4 cm³/mol. The Morgan fingerprint density at radius 3 is 2.48 bits per heavy atom. The number of sulfone groups is 1. The third-order valence-corrected chi connectivity index (χ3v) is 4.76. The van der Waals surface area contributed by atoms with Gasteiger partial charge in [-0.25, -0.2) is 13.1 Å². The summed E-state index contributed by atoms with van der Waals surface area (Å²) in [5, 5.41) is 12.7. The predicted octanol–water partition coefficient (Wildman–Crippen LogP) is 1.79. The summed E-state index contributed by atoms with van der Waals surface area (Å²) >= 11 is 2.92. The fourth-order valence-electron chi connectivity index (χ4n) is 1.97. The van der Waals surface area contributed by atoms with Gasteiger partial charge in [0, 0.05) is 17.8 Å². The van der Waals surface area contributed by atoms with Crippen LogP contribution in [0, 0.1) is 0 Å². The Morgan fingerprint density at radius 1 is 1.36 bits per heavy atom. The molecular weight excluding hydrogens is 431 g/mol. The van der Waals surface area contributed by atoms with Gasteiger partial charge in [-0.1, -0.05) is 5.10 Å². The molecule has 0 aliphatic heterocycles. The molecule has 8 nitrogen and oxygen atoms in total. The molecule has 1 aromatic carbocycles. The van der Waals surface area contributed by atoms with E-state index in [0.717, 1.165) is 17.0 Å². The van der Waals surface area contributed by atoms with Crippen molar-refractivity contribution in [3.05, 3.63) is 33.3 Å². The zero-order valence-corrected chi connectivity index (χ0v) is 15.2. The Labute approximate surface area is 148 Å². The smallest absolute Gasteiger partial charge is 0.289 e. The van der Waals surface area contributed by atoms with E-state index in [-0.39, 0.29) is 16.0 Å². The van der Waals surface area contributed by atoms with Gasteiger partial charge < -0.3 is 0 Å². The number of hydrogen-bond acceptors (Lipinski definition) is 6. The van der Waals surface area contributed by atoms with Crippen molar-refractivity contribution in [2.45, 2.75) is 11.9 Å². The highest BCUT2D eigenvalue weighted by molar-refractivity contribution is 9.10. The van der Waals surface area contributed by atoms with Crippen molar-refractivity contribution in [3.8, 4) is 0 Å². The molecule has 0 aliphatic carbocycles. The number of tetrazole rings is 1. The molecule has 0 aliphatic rings. The van der Waals surface area contributed by atoms with Gasteiger partial charge in [0.1, 0.15) is 0 Å². The van der Waals surface area contributed by atoms with Crippen LogP contribution in [0.25, 0.3) is 0 Å². The number of alkyl halides is 3. The molecule has 0 fully saturated rings. The van der Waals surface area contributed by atoms with Crippen molar-refractivity contribution in [2.75, 3.05) is 11.6 Å². The van der Waals surface area contributed by atoms with E-state index in [1.54, 1.807) is 0 Å². The van der Waals surface area contributed by atoms with E-state index in [1.807, 2.05) is 0 Å². The number of anilines is 1. The fraction of sp³-hybridized carbons (Fsp3) is 0.333. The number of nitrogens with zero attached hydrogens (tertiary/aromatic N) is 4. The van der Waals surface area contributed by atoms with Crippen LogP contribution in [-0.4, -0.2) is 40.8 Å². The first kappa shape index (κ1) is 19.3. The average molecular weight is 442 g/mol. The van der Waals surface area contributed by atoms with E-state index < -0.39 is 38.8 Å². The molecule has 0 saturated heterocycles. The molecule has 0 bridgehead atoms. The second kappa shape index (κ2) is 6.71. The second-order valence-electron chi connectivity index (χ2n) is 5.10. The minimum absolute atomic E-state index is 0.0264. The molecule has 1 N–H and O–H groups in total. The minimum Gasteiger partial charge on any atom is -0.289 e. The summed E-state index contributed by atoms with van der Waals surface area (Å²) in [7, 11) is -2.33. The molecule has 136 valence electrons. The Balaban J connectivity index is 2.52. The lowest BCUT2D eigenvalue weighted by molar-refractivity contribution is -0.138. The zero-order chi connectivity index (χ0) is 19.0. The average Bonchev–Trinajstić information content (AvgIpc) is 2.83. The van der Waals surface area contributed by atoms with E-state index in [1.165, 1.54) is 7.05 Å². The van der Waals surface area contributed by atoms with E-state index in [9.17, 15) is 26.4 Å². The first-order valence-corrected chi connectivity index (χ1v) is 9.35. The minimum atomic E-state index is -4.77. The second-order valence-corrected chi connectivity index (χ2v) is 8.03. The summed E-state index contributed by atoms with van der Waals surface area (Å²) in [6, 6.07) is 1.60. The summed E-state index contributed by atoms with van der Waals surface area (Å²) in [4.78, 5) is 12.3. The lowest BCUT2D eigenvalue weighted by Crippen LogP contribution is -2.19. The van der Waals surface area contributed by atoms with Gasteiger partial charge in [0.25, 0.3) is 5.91 Å². The summed E-state index contributed by atoms with van der Waals surface area (Å²) in [6.45, 7) is 0. The number of nitrogens with one attached hydrogen (secondary N) is 1. The van der Waals surface area contributed by atoms with Crippen LogP contribution in [0.2, 0.25) is 0 Å². The van der Waals surface area contributed by atoms with Gasteiger partial charge in [-0.15, -0.1) is 0 Å². The Hall–Kier alpha value is -2.02. The van der Waals surface area contributed by atoms with Crippen LogP contribution in [0.1, 0.15) is 21.5 Å². The molecule has 0 unspecified atom stereocenters. The topological polar surface area (TPSA) is 107 Å². The lowest BCUT2D eigenvalue weighted by Gasteiger charge is -2.16. The highest BCUT2D eigenvalue weighted by atomic mass is 79.9. The highest BCUT2D eigenvalue weighted by Crippen LogP contribution is 2.37. The standard InChI is InChI=1S/C12H11BrF3N5O3S/c1-21-11(18-19-20-21)17-10(22)6-3-4-8(12(14,15)16)7(9(6)13)5-25(2,23)24/h3-4H,5H2,1-2H3,(H,17,18,20,22). The van der Waals surface area contributed by atoms with E-state index in [4.69, 9.17) is 0 Å². The molecule has 0 radical (unpaired) electrons. The van der Waals surface area contributed by atoms with Gasteiger partial charge in [0.2, 0.25) is 5.95 Å². The summed E-state index contributed by atoms with van der Waals surface area (Å²) in [5.41, 5.74) is -1.87. The molecular formula is C12H11BrF3N5O3S. The van der Waals surface area contributed by atoms with Crippen LogP contribution in [-0.2, 0) is 28.8 Å². The molecule has 0 saturated carbocycles. The molecule has 0 atom stereocenters. The van der Waals surface area contributed by atoms with Crippen LogP contribution < -0.4 is 5.32 Å². The monoisotopic (exact) mass is 441 g/mol. The number of carbonyl (C=O) groups is 1. The fourth-order valence-corrected chi connectivity index (χ4v) is 3.65. The Morgan fingerprint density at radius 2 is 2.00 bits per heavy atom. The van der Waals surface area contributed by atoms with E-state index in [2.05, 4.69) is 36.8 Å². The van der Waals surface area contributed by atoms with Crippen molar-refractivity contribution in [2.24, 2.45) is 7.05 Å². The van der Waals surface area contributed by atoms with Crippen LogP contribution in [0.15, 0.2) is 16.6 Å². The molecule has 13 heteroatoms. The van der Waals surface area contributed by atoms with Gasteiger partial charge in [0.15, 0.2) is 9.84 Å². The number of hydrogen-bond donors (Lipinski definition) is 1. The summed E-state index contributed by atoms with van der Waals surface area (Å²) < 4.78 is 63.3. The van der Waals surface area contributed by atoms with Gasteiger partial charge in [-0.2, -0.15) is 13.2 Å². The molecule has 1 amide bonds. The number of aryl methyl sites for hydroxylation is 1. The van der Waals surface area contributed by atoms with Gasteiger partial charge in [-0.3, -0.25) is 10.1 Å². The first-order valence-electron chi connectivity index (χ1n) is 6.50. The van der Waals surface area contributed by atoms with Gasteiger partial charge in [0.05, 0.1) is 16.9 Å². The SMILES string of the molecule is Cn1nnnc1NC(=O)c1ccc(C(F)(F)F)c(CS(C)(=O)=O)c1Br. The Bertz CT molecular complexity index is 927. The van der Waals surface area contributed by atoms with Crippen molar-refractivity contribution >= 4 is 37.6 Å². The van der Waals surface area contributed by atoms with Crippen molar-refractivity contribution in [1.82, 2.24) is 20.2 Å². The van der Waals surface area contributed by atoms with Crippen molar-refractivity contribution < 1.29 is 26.4 Å². The third kappa shape index (κ3) is 4.54. The summed E-state index contributed by atoms with van der Waals surface area (Å²) in [5.74, 6) is -1.70. The quantitative estimate of drug-likeness (QED) is 0.774. The number of benzene rings is 1. The maximum atomic E-state index is 13.1. The number of aromatic nitrogens is 4. The summed E-state index contributed by atoms with van der Waals surface area (Å²) in [6.07, 6.45) is -3.97. The van der Waals surface area contributed by atoms with Crippen LogP contribution in [0.3, 0.4) is 0 Å². The third-order valence-electron chi connectivity index (χ3n) is 3.05. The number of carbonyl (C=O) groups excluding carboxylic acids is 1. The van der Waals surface area contributed by atoms with Crippen LogP contribution >= 0.6 is 15.9 Å². The molecule has 2 aromatic rings. The maximum Gasteiger partial charge on any atom is 0.416 e. The van der Waals surface area contributed by atoms with Crippen molar-refractivity contribution in [3.63, 3.8) is 0 Å². The number of halogens is 4. The highest BCUT2D eigenvalue weighted by Gasteiger charge is 2.36. The lowest BCUT2D eigenvalue weighted by atomic mass is 10.0. The van der Waals surface area contributed by atoms with Gasteiger partial charge in [-0.05, 0) is 44.1 Å².